The fourth-order valence-electron chi connectivity index (χ4n) is 3.65. The molecule has 1 aliphatic rings. The van der Waals surface area contributed by atoms with Crippen molar-refractivity contribution >= 4 is 27.4 Å². The van der Waals surface area contributed by atoms with Crippen LogP contribution >= 0.6 is 11.6 Å². The van der Waals surface area contributed by atoms with Crippen molar-refractivity contribution in [1.82, 2.24) is 15.2 Å². The number of hydrogen-bond donors (Lipinski definition) is 2. The molecule has 2 N–H and O–H groups in total. The number of sulfonamides is 1. The molecule has 3 aromatic rings. The van der Waals surface area contributed by atoms with E-state index in [1.807, 2.05) is 6.07 Å². The number of benzene rings is 1. The van der Waals surface area contributed by atoms with E-state index in [1.165, 1.54) is 12.3 Å². The number of pyridine rings is 1. The zero-order chi connectivity index (χ0) is 21.1. The van der Waals surface area contributed by atoms with Crippen LogP contribution in [0.25, 0.3) is 0 Å². The summed E-state index contributed by atoms with van der Waals surface area (Å²) in [5, 5.41) is 6.99. The van der Waals surface area contributed by atoms with Gasteiger partial charge in [0.25, 0.3) is 10.0 Å². The molecule has 0 amide bonds. The van der Waals surface area contributed by atoms with Crippen LogP contribution in [0.2, 0.25) is 5.02 Å². The predicted octanol–water partition coefficient (Wildman–Crippen LogP) is 4.50. The lowest BCUT2D eigenvalue weighted by atomic mass is 9.84. The summed E-state index contributed by atoms with van der Waals surface area (Å²) in [5.41, 5.74) is 0.954. The molecule has 1 saturated carbocycles. The zero-order valence-corrected chi connectivity index (χ0v) is 17.5. The topological polar surface area (TPSA) is 97.0 Å². The first-order valence-corrected chi connectivity index (χ1v) is 11.4. The summed E-state index contributed by atoms with van der Waals surface area (Å²) >= 11 is 6.28. The highest BCUT2D eigenvalue weighted by atomic mass is 35.5. The second-order valence-electron chi connectivity index (χ2n) is 7.09. The number of rotatable bonds is 6. The lowest BCUT2D eigenvalue weighted by Gasteiger charge is -2.31. The molecule has 1 aromatic carbocycles. The minimum absolute atomic E-state index is 0.0201. The van der Waals surface area contributed by atoms with Crippen molar-refractivity contribution in [3.8, 4) is 5.75 Å². The van der Waals surface area contributed by atoms with Gasteiger partial charge in [-0.25, -0.2) is 17.8 Å². The van der Waals surface area contributed by atoms with Gasteiger partial charge in [0.2, 0.25) is 0 Å². The Morgan fingerprint density at radius 1 is 1.17 bits per heavy atom. The molecule has 30 heavy (non-hydrogen) atoms. The molecule has 0 aliphatic heterocycles. The van der Waals surface area contributed by atoms with Crippen LogP contribution in [0.1, 0.15) is 37.3 Å². The van der Waals surface area contributed by atoms with Crippen molar-refractivity contribution in [1.29, 1.82) is 0 Å². The summed E-state index contributed by atoms with van der Waals surface area (Å²) in [6.07, 6.45) is 6.62. The summed E-state index contributed by atoms with van der Waals surface area (Å²) in [7, 11) is -4.20. The fraction of sp³-hybridized carbons (Fsp3) is 0.300. The van der Waals surface area contributed by atoms with E-state index < -0.39 is 20.7 Å². The van der Waals surface area contributed by atoms with Crippen LogP contribution in [0.15, 0.2) is 53.7 Å². The Kier molecular flexibility index (Phi) is 5.92. The standard InChI is InChI=1S/C20H20ClFN4O3S/c21-14-11-19(30(27,28)26-20-7-3-4-9-23-20)15(22)12-18(14)29-17-6-2-1-5-13(17)16-8-10-24-25-16/h3-4,7-13,17H,1-2,5-6H2,(H,23,26)(H,24,25)/t13-,17+/m1/s1. The van der Waals surface area contributed by atoms with E-state index in [4.69, 9.17) is 16.3 Å². The van der Waals surface area contributed by atoms with E-state index in [-0.39, 0.29) is 28.6 Å². The van der Waals surface area contributed by atoms with Crippen molar-refractivity contribution < 1.29 is 17.5 Å². The maximum Gasteiger partial charge on any atom is 0.266 e. The molecule has 7 nitrogen and oxygen atoms in total. The third kappa shape index (κ3) is 4.41. The summed E-state index contributed by atoms with van der Waals surface area (Å²) in [6, 6.07) is 8.70. The normalized spacial score (nSPS) is 19.4. The van der Waals surface area contributed by atoms with Crippen LogP contribution in [-0.4, -0.2) is 29.7 Å². The Balaban J connectivity index is 1.58. The first-order chi connectivity index (χ1) is 14.4. The van der Waals surface area contributed by atoms with Crippen molar-refractivity contribution in [3.63, 3.8) is 0 Å². The van der Waals surface area contributed by atoms with Crippen LogP contribution in [0.5, 0.6) is 5.75 Å². The maximum absolute atomic E-state index is 14.8. The lowest BCUT2D eigenvalue weighted by molar-refractivity contribution is 0.128. The van der Waals surface area contributed by atoms with E-state index in [0.717, 1.165) is 43.5 Å². The van der Waals surface area contributed by atoms with Gasteiger partial charge < -0.3 is 4.74 Å². The minimum atomic E-state index is -4.20. The SMILES string of the molecule is O=S(=O)(Nc1ccccn1)c1cc(Cl)c(O[C@H]2CCCC[C@@H]2c2ccn[nH]2)cc1F. The molecule has 2 atom stereocenters. The molecule has 4 rings (SSSR count). The summed E-state index contributed by atoms with van der Waals surface area (Å²) in [5.74, 6) is -0.679. The highest BCUT2D eigenvalue weighted by Crippen LogP contribution is 2.38. The molecule has 2 heterocycles. The van der Waals surface area contributed by atoms with E-state index in [1.54, 1.807) is 18.3 Å². The second kappa shape index (κ2) is 8.61. The lowest BCUT2D eigenvalue weighted by Crippen LogP contribution is -2.29. The quantitative estimate of drug-likeness (QED) is 0.576. The zero-order valence-electron chi connectivity index (χ0n) is 15.9. The Hall–Kier alpha value is -2.65. The summed E-state index contributed by atoms with van der Waals surface area (Å²) in [4.78, 5) is 3.32. The van der Waals surface area contributed by atoms with E-state index >= 15 is 0 Å². The van der Waals surface area contributed by atoms with Gasteiger partial charge in [0.1, 0.15) is 28.4 Å². The van der Waals surface area contributed by atoms with Gasteiger partial charge in [-0.2, -0.15) is 5.10 Å². The van der Waals surface area contributed by atoms with E-state index in [0.29, 0.717) is 0 Å². The summed E-state index contributed by atoms with van der Waals surface area (Å²) < 4.78 is 48.2. The van der Waals surface area contributed by atoms with Crippen molar-refractivity contribution in [2.75, 3.05) is 4.72 Å². The van der Waals surface area contributed by atoms with E-state index in [9.17, 15) is 12.8 Å². The molecular formula is C20H20ClFN4O3S. The molecule has 2 aromatic heterocycles. The Morgan fingerprint density at radius 2 is 2.00 bits per heavy atom. The van der Waals surface area contributed by atoms with Crippen LogP contribution in [0.4, 0.5) is 10.2 Å². The number of H-pyrrole nitrogens is 1. The molecule has 1 aliphatic carbocycles. The fourth-order valence-corrected chi connectivity index (χ4v) is 5.02. The van der Waals surface area contributed by atoms with Crippen molar-refractivity contribution in [2.45, 2.75) is 42.6 Å². The number of nitrogens with one attached hydrogen (secondary N) is 2. The number of ether oxygens (including phenoxy) is 1. The predicted molar refractivity (Wildman–Crippen MR) is 111 cm³/mol. The van der Waals surface area contributed by atoms with Crippen LogP contribution in [0, 0.1) is 5.82 Å². The molecule has 0 saturated heterocycles. The molecule has 0 spiro atoms. The van der Waals surface area contributed by atoms with Crippen LogP contribution in [0.3, 0.4) is 0 Å². The highest BCUT2D eigenvalue weighted by molar-refractivity contribution is 7.92. The number of aromatic amines is 1. The molecule has 0 radical (unpaired) electrons. The maximum atomic E-state index is 14.8. The second-order valence-corrected chi connectivity index (χ2v) is 9.15. The average Bonchev–Trinajstić information content (AvgIpc) is 3.26. The monoisotopic (exact) mass is 450 g/mol. The number of nitrogens with zero attached hydrogens (tertiary/aromatic N) is 2. The van der Waals surface area contributed by atoms with Gasteiger partial charge in [-0.1, -0.05) is 24.1 Å². The van der Waals surface area contributed by atoms with Gasteiger partial charge in [-0.05, 0) is 43.5 Å². The van der Waals surface area contributed by atoms with Crippen LogP contribution < -0.4 is 9.46 Å². The molecule has 0 bridgehead atoms. The summed E-state index contributed by atoms with van der Waals surface area (Å²) in [6.45, 7) is 0. The van der Waals surface area contributed by atoms with Gasteiger partial charge in [0, 0.05) is 30.1 Å². The average molecular weight is 451 g/mol. The van der Waals surface area contributed by atoms with Gasteiger partial charge in [0.05, 0.1) is 5.02 Å². The molecular weight excluding hydrogens is 431 g/mol. The Labute approximate surface area is 178 Å². The highest BCUT2D eigenvalue weighted by Gasteiger charge is 2.31. The van der Waals surface area contributed by atoms with Crippen LogP contribution in [-0.2, 0) is 10.0 Å². The molecule has 1 fully saturated rings. The molecule has 158 valence electrons. The minimum Gasteiger partial charge on any atom is -0.488 e. The third-order valence-electron chi connectivity index (χ3n) is 5.08. The van der Waals surface area contributed by atoms with Gasteiger partial charge in [0.15, 0.2) is 0 Å². The number of halogens is 2. The smallest absolute Gasteiger partial charge is 0.266 e. The third-order valence-corrected chi connectivity index (χ3v) is 6.75. The first kappa shape index (κ1) is 20.6. The largest absolute Gasteiger partial charge is 0.488 e. The number of anilines is 1. The van der Waals surface area contributed by atoms with Crippen molar-refractivity contribution in [2.24, 2.45) is 0 Å². The Morgan fingerprint density at radius 3 is 2.73 bits per heavy atom. The first-order valence-electron chi connectivity index (χ1n) is 9.53. The van der Waals surface area contributed by atoms with Crippen molar-refractivity contribution in [3.05, 3.63) is 65.3 Å². The van der Waals surface area contributed by atoms with Gasteiger partial charge in [-0.15, -0.1) is 0 Å². The Bertz CT molecular complexity index is 1110. The molecule has 10 heteroatoms. The molecule has 0 unspecified atom stereocenters. The number of aromatic nitrogens is 3. The van der Waals surface area contributed by atoms with E-state index in [2.05, 4.69) is 19.9 Å². The van der Waals surface area contributed by atoms with Gasteiger partial charge >= 0.3 is 0 Å². The van der Waals surface area contributed by atoms with Gasteiger partial charge in [-0.3, -0.25) is 9.82 Å². The number of hydrogen-bond acceptors (Lipinski definition) is 5.